The van der Waals surface area contributed by atoms with Crippen molar-refractivity contribution in [3.05, 3.63) is 86.1 Å². The fourth-order valence-corrected chi connectivity index (χ4v) is 5.36. The predicted octanol–water partition coefficient (Wildman–Crippen LogP) is 5.62. The minimum atomic E-state index is -0.720. The molecule has 1 aliphatic rings. The molecule has 1 saturated heterocycles. The van der Waals surface area contributed by atoms with Gasteiger partial charge in [0.25, 0.3) is 11.7 Å². The second-order valence-electron chi connectivity index (χ2n) is 8.14. The lowest BCUT2D eigenvalue weighted by molar-refractivity contribution is -0.132. The average Bonchev–Trinajstić information content (AvgIpc) is 3.27. The zero-order valence-corrected chi connectivity index (χ0v) is 19.5. The van der Waals surface area contributed by atoms with E-state index in [1.165, 1.54) is 23.3 Å². The Kier molecular flexibility index (Phi) is 5.65. The summed E-state index contributed by atoms with van der Waals surface area (Å²) in [6.45, 7) is 7.68. The number of rotatable bonds is 4. The van der Waals surface area contributed by atoms with Crippen LogP contribution in [0.4, 0.5) is 5.69 Å². The number of aryl methyl sites for hydroxylation is 4. The van der Waals surface area contributed by atoms with E-state index >= 15 is 0 Å². The Hall–Kier alpha value is -3.38. The topological polar surface area (TPSA) is 66.8 Å². The number of aliphatic hydroxyl groups is 1. The van der Waals surface area contributed by atoms with Crippen LogP contribution < -0.4 is 9.64 Å². The summed E-state index contributed by atoms with van der Waals surface area (Å²) >= 11 is 1.46. The average molecular weight is 448 g/mol. The molecule has 1 aromatic heterocycles. The number of ketones is 1. The number of thiophene rings is 1. The smallest absolute Gasteiger partial charge is 0.300 e. The molecule has 2 heterocycles. The number of anilines is 1. The Balaban J connectivity index is 2.02. The number of Topliss-reactive ketones (excluding diaryl/α,β-unsaturated/α-hetero) is 1. The van der Waals surface area contributed by atoms with E-state index in [2.05, 4.69) is 0 Å². The Morgan fingerprint density at radius 2 is 1.75 bits per heavy atom. The highest BCUT2D eigenvalue weighted by Gasteiger charge is 2.48. The molecule has 0 saturated carbocycles. The highest BCUT2D eigenvalue weighted by atomic mass is 32.1. The van der Waals surface area contributed by atoms with Crippen molar-refractivity contribution in [2.45, 2.75) is 33.7 Å². The van der Waals surface area contributed by atoms with Crippen LogP contribution in [0.5, 0.6) is 5.75 Å². The third-order valence-electron chi connectivity index (χ3n) is 5.75. The van der Waals surface area contributed by atoms with Crippen molar-refractivity contribution in [1.29, 1.82) is 0 Å². The lowest BCUT2D eigenvalue weighted by atomic mass is 9.95. The van der Waals surface area contributed by atoms with Gasteiger partial charge in [0, 0.05) is 10.6 Å². The summed E-state index contributed by atoms with van der Waals surface area (Å²) in [6, 6.07) is 12.4. The minimum Gasteiger partial charge on any atom is -0.507 e. The summed E-state index contributed by atoms with van der Waals surface area (Å²) in [5, 5.41) is 13.4. The maximum atomic E-state index is 13.3. The van der Waals surface area contributed by atoms with Crippen molar-refractivity contribution < 1.29 is 19.4 Å². The molecule has 4 rings (SSSR count). The van der Waals surface area contributed by atoms with Crippen LogP contribution in [0, 0.1) is 27.7 Å². The highest BCUT2D eigenvalue weighted by molar-refractivity contribution is 7.10. The number of amides is 1. The van der Waals surface area contributed by atoms with Crippen LogP contribution >= 0.6 is 11.3 Å². The van der Waals surface area contributed by atoms with Gasteiger partial charge in [0.2, 0.25) is 0 Å². The highest BCUT2D eigenvalue weighted by Crippen LogP contribution is 2.46. The molecule has 6 heteroatoms. The SMILES string of the molecule is COc1c(C)cc(C)cc1/C(O)=C1\C(=O)C(=O)N(c2cccc(C)c2)C1c1sccc1C. The Labute approximate surface area is 191 Å². The monoisotopic (exact) mass is 447 g/mol. The summed E-state index contributed by atoms with van der Waals surface area (Å²) < 4.78 is 5.55. The van der Waals surface area contributed by atoms with Crippen molar-refractivity contribution in [3.8, 4) is 5.75 Å². The van der Waals surface area contributed by atoms with Gasteiger partial charge in [0.15, 0.2) is 0 Å². The number of carbonyl (C=O) groups is 2. The number of benzene rings is 2. The standard InChI is InChI=1S/C26H25NO4S/c1-14-7-6-8-18(12-14)27-21(25-16(3)9-10-32-25)20(23(29)26(27)30)22(28)19-13-15(2)11-17(4)24(19)31-5/h6-13,21,28H,1-5H3/b22-20+. The van der Waals surface area contributed by atoms with E-state index in [1.807, 2.05) is 69.5 Å². The first-order valence-corrected chi connectivity index (χ1v) is 11.2. The molecule has 1 aliphatic heterocycles. The molecule has 1 unspecified atom stereocenters. The Morgan fingerprint density at radius 3 is 2.38 bits per heavy atom. The van der Waals surface area contributed by atoms with Crippen LogP contribution in [0.2, 0.25) is 0 Å². The maximum Gasteiger partial charge on any atom is 0.300 e. The van der Waals surface area contributed by atoms with Crippen LogP contribution in [0.1, 0.15) is 38.7 Å². The Morgan fingerprint density at radius 1 is 1.00 bits per heavy atom. The first-order valence-electron chi connectivity index (χ1n) is 10.3. The van der Waals surface area contributed by atoms with Gasteiger partial charge in [-0.25, -0.2) is 0 Å². The van der Waals surface area contributed by atoms with Gasteiger partial charge >= 0.3 is 0 Å². The predicted molar refractivity (Wildman–Crippen MR) is 127 cm³/mol. The van der Waals surface area contributed by atoms with Gasteiger partial charge in [-0.3, -0.25) is 14.5 Å². The third kappa shape index (κ3) is 3.50. The van der Waals surface area contributed by atoms with Crippen molar-refractivity contribution in [2.75, 3.05) is 12.0 Å². The molecule has 1 fully saturated rings. The van der Waals surface area contributed by atoms with Crippen molar-refractivity contribution in [3.63, 3.8) is 0 Å². The number of ether oxygens (including phenoxy) is 1. The largest absolute Gasteiger partial charge is 0.507 e. The van der Waals surface area contributed by atoms with Gasteiger partial charge in [-0.05, 0) is 79.6 Å². The van der Waals surface area contributed by atoms with Crippen LogP contribution in [-0.2, 0) is 9.59 Å². The molecular formula is C26H25NO4S. The molecule has 1 N–H and O–H groups in total. The number of aliphatic hydroxyl groups excluding tert-OH is 1. The molecule has 0 radical (unpaired) electrons. The van der Waals surface area contributed by atoms with Crippen LogP contribution in [0.15, 0.2) is 53.4 Å². The van der Waals surface area contributed by atoms with Crippen molar-refractivity contribution >= 4 is 34.5 Å². The minimum absolute atomic E-state index is 0.0744. The molecule has 1 atom stereocenters. The number of carbonyl (C=O) groups excluding carboxylic acids is 2. The first kappa shape index (κ1) is 21.8. The van der Waals surface area contributed by atoms with Gasteiger partial charge in [-0.2, -0.15) is 0 Å². The van der Waals surface area contributed by atoms with Gasteiger partial charge < -0.3 is 9.84 Å². The van der Waals surface area contributed by atoms with E-state index in [4.69, 9.17) is 4.74 Å². The number of nitrogens with zero attached hydrogens (tertiary/aromatic N) is 1. The van der Waals surface area contributed by atoms with Crippen molar-refractivity contribution in [2.24, 2.45) is 0 Å². The zero-order valence-electron chi connectivity index (χ0n) is 18.7. The van der Waals surface area contributed by atoms with E-state index in [9.17, 15) is 14.7 Å². The van der Waals surface area contributed by atoms with Crippen molar-refractivity contribution in [1.82, 2.24) is 0 Å². The molecule has 1 amide bonds. The lowest BCUT2D eigenvalue weighted by Crippen LogP contribution is -2.29. The quantitative estimate of drug-likeness (QED) is 0.320. The van der Waals surface area contributed by atoms with Crippen LogP contribution in [0.25, 0.3) is 5.76 Å². The fourth-order valence-electron chi connectivity index (χ4n) is 4.34. The van der Waals surface area contributed by atoms with E-state index in [1.54, 1.807) is 6.07 Å². The Bertz CT molecular complexity index is 1270. The summed E-state index contributed by atoms with van der Waals surface area (Å²) in [5.74, 6) is -1.10. The molecule has 3 aromatic rings. The second-order valence-corrected chi connectivity index (χ2v) is 9.09. The number of hydrogen-bond donors (Lipinski definition) is 1. The number of methoxy groups -OCH3 is 1. The van der Waals surface area contributed by atoms with E-state index < -0.39 is 17.7 Å². The summed E-state index contributed by atoms with van der Waals surface area (Å²) in [7, 11) is 1.53. The van der Waals surface area contributed by atoms with E-state index in [-0.39, 0.29) is 11.3 Å². The van der Waals surface area contributed by atoms with Crippen LogP contribution in [0.3, 0.4) is 0 Å². The van der Waals surface area contributed by atoms with Gasteiger partial charge in [0.05, 0.1) is 18.2 Å². The molecule has 5 nitrogen and oxygen atoms in total. The summed E-state index contributed by atoms with van der Waals surface area (Å²) in [6.07, 6.45) is 0. The normalized spacial score (nSPS) is 17.8. The second kappa shape index (κ2) is 8.28. The fraction of sp³-hybridized carbons (Fsp3) is 0.231. The molecule has 0 spiro atoms. The molecule has 164 valence electrons. The maximum absolute atomic E-state index is 13.3. The first-order chi connectivity index (χ1) is 15.2. The molecular weight excluding hydrogens is 422 g/mol. The molecule has 0 bridgehead atoms. The van der Waals surface area contributed by atoms with Gasteiger partial charge in [0.1, 0.15) is 17.6 Å². The van der Waals surface area contributed by atoms with Crippen LogP contribution in [-0.4, -0.2) is 23.9 Å². The summed E-state index contributed by atoms with van der Waals surface area (Å²) in [4.78, 5) is 28.9. The molecule has 32 heavy (non-hydrogen) atoms. The molecule has 0 aliphatic carbocycles. The zero-order chi connectivity index (χ0) is 23.2. The van der Waals surface area contributed by atoms with E-state index in [0.29, 0.717) is 17.0 Å². The summed E-state index contributed by atoms with van der Waals surface area (Å²) in [5.41, 5.74) is 4.79. The third-order valence-corrected chi connectivity index (χ3v) is 6.82. The molecule has 2 aromatic carbocycles. The van der Waals surface area contributed by atoms with Gasteiger partial charge in [-0.1, -0.05) is 18.2 Å². The van der Waals surface area contributed by atoms with E-state index in [0.717, 1.165) is 27.1 Å². The number of hydrogen-bond acceptors (Lipinski definition) is 5. The lowest BCUT2D eigenvalue weighted by Gasteiger charge is -2.25. The van der Waals surface area contributed by atoms with Gasteiger partial charge in [-0.15, -0.1) is 11.3 Å².